The van der Waals surface area contributed by atoms with Crippen LogP contribution in [0.5, 0.6) is 11.5 Å². The third kappa shape index (κ3) is 5.44. The molecule has 32 heavy (non-hydrogen) atoms. The van der Waals surface area contributed by atoms with Crippen molar-refractivity contribution in [3.8, 4) is 17.2 Å². The van der Waals surface area contributed by atoms with Crippen LogP contribution in [0.4, 0.5) is 5.69 Å². The molecule has 0 unspecified atom stereocenters. The number of rotatable bonds is 7. The minimum absolute atomic E-state index is 0.390. The third-order valence-corrected chi connectivity index (χ3v) is 4.59. The minimum Gasteiger partial charge on any atom is -0.497 e. The Morgan fingerprint density at radius 3 is 2.25 bits per heavy atom. The van der Waals surface area contributed by atoms with E-state index in [1.807, 2.05) is 0 Å². The Balaban J connectivity index is 1.72. The Kier molecular flexibility index (Phi) is 7.11. The summed E-state index contributed by atoms with van der Waals surface area (Å²) in [4.78, 5) is 36.9. The smallest absolute Gasteiger partial charge is 0.363 e. The fourth-order valence-electron chi connectivity index (χ4n) is 2.81. The number of hydrogen-bond donors (Lipinski definition) is 1. The summed E-state index contributed by atoms with van der Waals surface area (Å²) in [5, 5.41) is 7.21. The van der Waals surface area contributed by atoms with Crippen LogP contribution in [0.1, 0.15) is 16.2 Å². The summed E-state index contributed by atoms with van der Waals surface area (Å²) in [5.41, 5.74) is 0.446. The molecule has 3 rings (SSSR count). The van der Waals surface area contributed by atoms with Gasteiger partial charge in [-0.05, 0) is 31.2 Å². The number of nitrogens with zero attached hydrogens (tertiary/aromatic N) is 2. The molecule has 0 aliphatic heterocycles. The van der Waals surface area contributed by atoms with Crippen molar-refractivity contribution in [3.63, 3.8) is 0 Å². The van der Waals surface area contributed by atoms with E-state index in [4.69, 9.17) is 25.8 Å². The maximum absolute atomic E-state index is 12.4. The highest BCUT2D eigenvalue weighted by Gasteiger charge is 2.18. The first-order valence-corrected chi connectivity index (χ1v) is 9.75. The Bertz CT molecular complexity index is 1190. The van der Waals surface area contributed by atoms with Crippen LogP contribution < -0.4 is 20.2 Å². The predicted molar refractivity (Wildman–Crippen MR) is 118 cm³/mol. The van der Waals surface area contributed by atoms with Crippen LogP contribution in [-0.4, -0.2) is 42.5 Å². The molecule has 9 nitrogen and oxygen atoms in total. The van der Waals surface area contributed by atoms with E-state index in [2.05, 4.69) is 10.4 Å². The van der Waals surface area contributed by atoms with Gasteiger partial charge in [0.2, 0.25) is 11.1 Å². The number of carbonyl (C=O) groups excluding carboxylic acids is 2. The summed E-state index contributed by atoms with van der Waals surface area (Å²) in [5.74, 6) is -0.679. The summed E-state index contributed by atoms with van der Waals surface area (Å²) in [7, 11) is 2.96. The number of aromatic nitrogens is 2. The molecule has 10 heteroatoms. The minimum atomic E-state index is -1.02. The predicted octanol–water partition coefficient (Wildman–Crippen LogP) is 3.01. The van der Waals surface area contributed by atoms with Crippen LogP contribution >= 0.6 is 11.6 Å². The fraction of sp³-hybridized carbons (Fsp3) is 0.182. The summed E-state index contributed by atoms with van der Waals surface area (Å²) in [6.07, 6.45) is 0. The second-order valence-corrected chi connectivity index (χ2v) is 7.05. The number of ether oxygens (including phenoxy) is 3. The molecule has 3 aromatic rings. The number of benzene rings is 2. The van der Waals surface area contributed by atoms with Gasteiger partial charge in [-0.2, -0.15) is 5.10 Å². The van der Waals surface area contributed by atoms with E-state index in [1.54, 1.807) is 49.4 Å². The van der Waals surface area contributed by atoms with Gasteiger partial charge in [0.15, 0.2) is 6.61 Å². The van der Waals surface area contributed by atoms with Gasteiger partial charge in [-0.1, -0.05) is 11.6 Å². The number of aryl methyl sites for hydroxylation is 1. The topological polar surface area (TPSA) is 109 Å². The molecule has 0 aliphatic rings. The normalized spacial score (nSPS) is 10.4. The molecule has 1 heterocycles. The molecule has 0 bridgehead atoms. The van der Waals surface area contributed by atoms with Crippen LogP contribution in [-0.2, 0) is 9.53 Å². The van der Waals surface area contributed by atoms with Gasteiger partial charge in [-0.15, -0.1) is 0 Å². The highest BCUT2D eigenvalue weighted by Crippen LogP contribution is 2.25. The zero-order chi connectivity index (χ0) is 23.3. The van der Waals surface area contributed by atoms with Crippen LogP contribution in [0.15, 0.2) is 53.3 Å². The van der Waals surface area contributed by atoms with Gasteiger partial charge in [-0.25, -0.2) is 9.48 Å². The fourth-order valence-corrected chi connectivity index (χ4v) is 2.93. The van der Waals surface area contributed by atoms with E-state index >= 15 is 0 Å². The lowest BCUT2D eigenvalue weighted by atomic mass is 10.2. The van der Waals surface area contributed by atoms with Crippen molar-refractivity contribution < 1.29 is 23.8 Å². The lowest BCUT2D eigenvalue weighted by Crippen LogP contribution is -2.27. The molecule has 0 atom stereocenters. The second-order valence-electron chi connectivity index (χ2n) is 6.61. The first-order chi connectivity index (χ1) is 15.3. The molecule has 0 spiro atoms. The van der Waals surface area contributed by atoms with Gasteiger partial charge in [0, 0.05) is 40.7 Å². The number of halogens is 1. The average molecular weight is 458 g/mol. The first-order valence-electron chi connectivity index (χ1n) is 9.37. The van der Waals surface area contributed by atoms with E-state index in [9.17, 15) is 14.4 Å². The zero-order valence-electron chi connectivity index (χ0n) is 17.5. The monoisotopic (exact) mass is 457 g/mol. The molecule has 0 fully saturated rings. The lowest BCUT2D eigenvalue weighted by molar-refractivity contribution is -0.119. The number of amides is 1. The molecule has 0 saturated carbocycles. The van der Waals surface area contributed by atoms with Gasteiger partial charge in [0.25, 0.3) is 5.91 Å². The Labute approximate surface area is 188 Å². The van der Waals surface area contributed by atoms with Crippen molar-refractivity contribution in [2.24, 2.45) is 0 Å². The average Bonchev–Trinajstić information content (AvgIpc) is 2.78. The maximum Gasteiger partial charge on any atom is 0.363 e. The number of esters is 1. The number of hydrogen-bond acceptors (Lipinski definition) is 7. The molecule has 166 valence electrons. The van der Waals surface area contributed by atoms with E-state index < -0.39 is 29.6 Å². The van der Waals surface area contributed by atoms with E-state index in [-0.39, 0.29) is 0 Å². The van der Waals surface area contributed by atoms with Crippen molar-refractivity contribution in [2.45, 2.75) is 6.92 Å². The highest BCUT2D eigenvalue weighted by atomic mass is 35.5. The highest BCUT2D eigenvalue weighted by molar-refractivity contribution is 6.30. The third-order valence-electron chi connectivity index (χ3n) is 4.34. The van der Waals surface area contributed by atoms with Crippen molar-refractivity contribution in [3.05, 3.63) is 75.2 Å². The Hall–Kier alpha value is -3.85. The SMILES string of the molecule is COc1cc(NC(=O)COC(=O)c2nn(-c3ccc(Cl)cc3)c(C)cc2=O)cc(OC)c1. The van der Waals surface area contributed by atoms with Gasteiger partial charge in [-0.3, -0.25) is 9.59 Å². The summed E-state index contributed by atoms with van der Waals surface area (Å²) in [6.45, 7) is 1.06. The van der Waals surface area contributed by atoms with Crippen LogP contribution in [0, 0.1) is 6.92 Å². The molecule has 1 amide bonds. The molecule has 1 aromatic heterocycles. The number of nitrogens with one attached hydrogen (secondary N) is 1. The van der Waals surface area contributed by atoms with Crippen LogP contribution in [0.2, 0.25) is 5.02 Å². The molecule has 0 radical (unpaired) electrons. The van der Waals surface area contributed by atoms with E-state index in [0.29, 0.717) is 33.6 Å². The maximum atomic E-state index is 12.4. The zero-order valence-corrected chi connectivity index (χ0v) is 18.3. The molecular formula is C22H20ClN3O6. The number of methoxy groups -OCH3 is 2. The molecule has 0 aliphatic carbocycles. The molecule has 1 N–H and O–H groups in total. The molecular weight excluding hydrogens is 438 g/mol. The first kappa shape index (κ1) is 22.8. The quantitative estimate of drug-likeness (QED) is 0.543. The number of anilines is 1. The van der Waals surface area contributed by atoms with Crippen LogP contribution in [0.25, 0.3) is 5.69 Å². The lowest BCUT2D eigenvalue weighted by Gasteiger charge is -2.12. The second kappa shape index (κ2) is 9.97. The van der Waals surface area contributed by atoms with Crippen molar-refractivity contribution in [1.29, 1.82) is 0 Å². The van der Waals surface area contributed by atoms with E-state index in [1.165, 1.54) is 25.0 Å². The Morgan fingerprint density at radius 2 is 1.66 bits per heavy atom. The number of carbonyl (C=O) groups is 2. The van der Waals surface area contributed by atoms with Gasteiger partial charge in [0.1, 0.15) is 11.5 Å². The Morgan fingerprint density at radius 1 is 1.03 bits per heavy atom. The molecule has 0 saturated heterocycles. The largest absolute Gasteiger partial charge is 0.497 e. The summed E-state index contributed by atoms with van der Waals surface area (Å²) < 4.78 is 16.7. The van der Waals surface area contributed by atoms with Gasteiger partial charge in [0.05, 0.1) is 19.9 Å². The van der Waals surface area contributed by atoms with Gasteiger partial charge >= 0.3 is 5.97 Å². The van der Waals surface area contributed by atoms with Gasteiger partial charge < -0.3 is 19.5 Å². The van der Waals surface area contributed by atoms with E-state index in [0.717, 1.165) is 0 Å². The van der Waals surface area contributed by atoms with Crippen molar-refractivity contribution in [1.82, 2.24) is 9.78 Å². The van der Waals surface area contributed by atoms with Crippen molar-refractivity contribution in [2.75, 3.05) is 26.1 Å². The standard InChI is InChI=1S/C22H20ClN3O6/c1-13-8-19(27)21(25-26(13)16-6-4-14(23)5-7-16)22(29)32-12-20(28)24-15-9-17(30-2)11-18(10-15)31-3/h4-11H,12H2,1-3H3,(H,24,28). The van der Waals surface area contributed by atoms with Crippen LogP contribution in [0.3, 0.4) is 0 Å². The summed E-state index contributed by atoms with van der Waals surface area (Å²) in [6, 6.07) is 12.8. The summed E-state index contributed by atoms with van der Waals surface area (Å²) >= 11 is 5.90. The van der Waals surface area contributed by atoms with Crippen molar-refractivity contribution >= 4 is 29.2 Å². The molecule has 2 aromatic carbocycles.